The average Bonchev–Trinajstić information content (AvgIpc) is 3.11. The molecule has 1 aliphatic rings. The molecule has 0 saturated heterocycles. The molecule has 0 atom stereocenters. The van der Waals surface area contributed by atoms with Gasteiger partial charge in [0.2, 0.25) is 0 Å². The molecule has 0 saturated carbocycles. The van der Waals surface area contributed by atoms with Crippen molar-refractivity contribution in [2.24, 2.45) is 0 Å². The fourth-order valence-corrected chi connectivity index (χ4v) is 6.50. The summed E-state index contributed by atoms with van der Waals surface area (Å²) in [6, 6.07) is 48.6. The Morgan fingerprint density at radius 3 is 1.74 bits per heavy atom. The highest BCUT2D eigenvalue weighted by Crippen LogP contribution is 2.55. The van der Waals surface area contributed by atoms with Crippen molar-refractivity contribution in [2.45, 2.75) is 6.92 Å². The summed E-state index contributed by atoms with van der Waals surface area (Å²) in [5, 5.41) is 1.06. The van der Waals surface area contributed by atoms with Crippen LogP contribution in [0.5, 0.6) is 5.75 Å². The minimum atomic E-state index is -0.277. The molecule has 0 N–H and O–H groups in total. The molecule has 0 spiro atoms. The number of ether oxygens (including phenoxy) is 1. The third-order valence-electron chi connectivity index (χ3n) is 8.67. The summed E-state index contributed by atoms with van der Waals surface area (Å²) in [6.45, 7) is 2.13. The molecule has 222 valence electrons. The number of nitrogens with zero attached hydrogens (tertiary/aromatic N) is 3. The predicted octanol–water partition coefficient (Wildman–Crippen LogP) is 11.3. The fourth-order valence-electron chi connectivity index (χ4n) is 6.50. The van der Waals surface area contributed by atoms with Crippen LogP contribution in [0.25, 0.3) is 33.3 Å². The van der Waals surface area contributed by atoms with Gasteiger partial charge in [-0.15, -0.1) is 0 Å². The van der Waals surface area contributed by atoms with Crippen molar-refractivity contribution in [3.8, 4) is 28.1 Å². The van der Waals surface area contributed by atoms with E-state index in [1.807, 2.05) is 18.2 Å². The molecule has 1 aromatic heterocycles. The second-order valence-corrected chi connectivity index (χ2v) is 11.4. The topological polar surface area (TPSA) is 28.6 Å². The summed E-state index contributed by atoms with van der Waals surface area (Å²) in [5.41, 5.74) is 12.0. The minimum Gasteiger partial charge on any atom is -0.497 e. The maximum atomic E-state index is 14.0. The standard InChI is InChI=1S/C41H30FN3O/c1-27-16-25-39(45-37-14-8-6-12-35(37)44(31-10-4-3-5-11-31)36-13-7-9-15-38(36)45)41-40(27)33(28-19-23-32(46-2)24-20-28)26-34(43-41)29-17-21-30(42)22-18-29/h3-26H,1-2H3. The summed E-state index contributed by atoms with van der Waals surface area (Å²) >= 11 is 0. The van der Waals surface area contributed by atoms with Gasteiger partial charge in [-0.05, 0) is 109 Å². The van der Waals surface area contributed by atoms with Gasteiger partial charge >= 0.3 is 0 Å². The van der Waals surface area contributed by atoms with Crippen LogP contribution < -0.4 is 14.5 Å². The van der Waals surface area contributed by atoms with E-state index < -0.39 is 0 Å². The first kappa shape index (κ1) is 27.6. The highest BCUT2D eigenvalue weighted by molar-refractivity contribution is 6.10. The van der Waals surface area contributed by atoms with E-state index >= 15 is 0 Å². The molecule has 4 nitrogen and oxygen atoms in total. The van der Waals surface area contributed by atoms with Crippen LogP contribution in [0.4, 0.5) is 38.5 Å². The van der Waals surface area contributed by atoms with Gasteiger partial charge in [-0.25, -0.2) is 9.37 Å². The average molecular weight is 600 g/mol. The van der Waals surface area contributed by atoms with Crippen LogP contribution in [0.1, 0.15) is 5.56 Å². The van der Waals surface area contributed by atoms with E-state index in [1.54, 1.807) is 19.2 Å². The minimum absolute atomic E-state index is 0.277. The second kappa shape index (κ2) is 11.2. The molecule has 0 unspecified atom stereocenters. The van der Waals surface area contributed by atoms with E-state index in [-0.39, 0.29) is 5.82 Å². The predicted molar refractivity (Wildman–Crippen MR) is 187 cm³/mol. The zero-order valence-corrected chi connectivity index (χ0v) is 25.5. The Morgan fingerprint density at radius 1 is 0.565 bits per heavy atom. The van der Waals surface area contributed by atoms with E-state index in [0.717, 1.165) is 78.7 Å². The number of anilines is 6. The first-order chi connectivity index (χ1) is 22.6. The van der Waals surface area contributed by atoms with Gasteiger partial charge in [-0.3, -0.25) is 0 Å². The summed E-state index contributed by atoms with van der Waals surface area (Å²) < 4.78 is 19.5. The van der Waals surface area contributed by atoms with Crippen LogP contribution in [-0.4, -0.2) is 12.1 Å². The molecule has 0 bridgehead atoms. The van der Waals surface area contributed by atoms with Crippen molar-refractivity contribution in [1.29, 1.82) is 0 Å². The quantitative estimate of drug-likeness (QED) is 0.197. The Bertz CT molecular complexity index is 2170. The van der Waals surface area contributed by atoms with E-state index in [4.69, 9.17) is 9.72 Å². The molecular weight excluding hydrogens is 569 g/mol. The first-order valence-electron chi connectivity index (χ1n) is 15.3. The number of aromatic nitrogens is 1. The van der Waals surface area contributed by atoms with Gasteiger partial charge in [0, 0.05) is 16.6 Å². The Labute approximate surface area is 267 Å². The van der Waals surface area contributed by atoms with Crippen molar-refractivity contribution in [2.75, 3.05) is 16.9 Å². The zero-order valence-electron chi connectivity index (χ0n) is 25.5. The number of hydrogen-bond acceptors (Lipinski definition) is 4. The summed E-state index contributed by atoms with van der Waals surface area (Å²) in [4.78, 5) is 9.99. The number of benzene rings is 6. The molecule has 46 heavy (non-hydrogen) atoms. The van der Waals surface area contributed by atoms with E-state index in [0.29, 0.717) is 0 Å². The van der Waals surface area contributed by atoms with Gasteiger partial charge in [-0.2, -0.15) is 0 Å². The van der Waals surface area contributed by atoms with Gasteiger partial charge in [0.15, 0.2) is 0 Å². The van der Waals surface area contributed by atoms with Crippen LogP contribution in [0.2, 0.25) is 0 Å². The number of fused-ring (bicyclic) bond motifs is 3. The molecule has 7 aromatic rings. The molecule has 5 heteroatoms. The maximum absolute atomic E-state index is 14.0. The van der Waals surface area contributed by atoms with Crippen molar-refractivity contribution in [3.05, 3.63) is 157 Å². The van der Waals surface area contributed by atoms with E-state index in [1.165, 1.54) is 12.1 Å². The molecule has 1 aliphatic heterocycles. The smallest absolute Gasteiger partial charge is 0.123 e. The van der Waals surface area contributed by atoms with Crippen LogP contribution in [-0.2, 0) is 0 Å². The van der Waals surface area contributed by atoms with Crippen LogP contribution in [0.15, 0.2) is 146 Å². The number of halogens is 1. The third-order valence-corrected chi connectivity index (χ3v) is 8.67. The Balaban J connectivity index is 1.43. The molecule has 6 aromatic carbocycles. The van der Waals surface area contributed by atoms with Crippen molar-refractivity contribution in [3.63, 3.8) is 0 Å². The van der Waals surface area contributed by atoms with Crippen LogP contribution in [0.3, 0.4) is 0 Å². The lowest BCUT2D eigenvalue weighted by atomic mass is 9.94. The summed E-state index contributed by atoms with van der Waals surface area (Å²) in [7, 11) is 1.67. The lowest BCUT2D eigenvalue weighted by Crippen LogP contribution is -2.24. The monoisotopic (exact) mass is 599 g/mol. The number of hydrogen-bond donors (Lipinski definition) is 0. The maximum Gasteiger partial charge on any atom is 0.123 e. The SMILES string of the molecule is COc1ccc(-c2cc(-c3ccc(F)cc3)nc3c(N4c5ccccc5N(c5ccccc5)c5ccccc54)ccc(C)c23)cc1. The van der Waals surface area contributed by atoms with E-state index in [9.17, 15) is 4.39 Å². The van der Waals surface area contributed by atoms with Crippen molar-refractivity contribution in [1.82, 2.24) is 4.98 Å². The van der Waals surface area contributed by atoms with Crippen molar-refractivity contribution >= 4 is 45.0 Å². The van der Waals surface area contributed by atoms with E-state index in [2.05, 4.69) is 120 Å². The number of pyridine rings is 1. The largest absolute Gasteiger partial charge is 0.497 e. The number of aryl methyl sites for hydroxylation is 1. The second-order valence-electron chi connectivity index (χ2n) is 11.4. The van der Waals surface area contributed by atoms with Gasteiger partial charge in [0.05, 0.1) is 46.8 Å². The normalized spacial score (nSPS) is 12.2. The summed E-state index contributed by atoms with van der Waals surface area (Å²) in [6.07, 6.45) is 0. The lowest BCUT2D eigenvalue weighted by molar-refractivity contribution is 0.415. The molecular formula is C41H30FN3O. The van der Waals surface area contributed by atoms with Gasteiger partial charge < -0.3 is 14.5 Å². The Morgan fingerprint density at radius 2 is 1.13 bits per heavy atom. The molecule has 0 radical (unpaired) electrons. The van der Waals surface area contributed by atoms with Gasteiger partial charge in [0.1, 0.15) is 11.6 Å². The molecule has 0 fully saturated rings. The Kier molecular flexibility index (Phi) is 6.72. The molecule has 2 heterocycles. The van der Waals surface area contributed by atoms with Crippen LogP contribution in [0, 0.1) is 12.7 Å². The lowest BCUT2D eigenvalue weighted by Gasteiger charge is -2.40. The number of para-hydroxylation sites is 5. The van der Waals surface area contributed by atoms with Gasteiger partial charge in [-0.1, -0.05) is 60.7 Å². The highest BCUT2D eigenvalue weighted by Gasteiger charge is 2.31. The first-order valence-corrected chi connectivity index (χ1v) is 15.3. The zero-order chi connectivity index (χ0) is 31.2. The third kappa shape index (κ3) is 4.56. The number of methoxy groups -OCH3 is 1. The van der Waals surface area contributed by atoms with Crippen molar-refractivity contribution < 1.29 is 9.13 Å². The fraction of sp³-hybridized carbons (Fsp3) is 0.0488. The Hall–Kier alpha value is -5.94. The number of rotatable bonds is 5. The summed E-state index contributed by atoms with van der Waals surface area (Å²) in [5.74, 6) is 0.517. The molecule has 0 amide bonds. The van der Waals surface area contributed by atoms with Gasteiger partial charge in [0.25, 0.3) is 0 Å². The highest BCUT2D eigenvalue weighted by atomic mass is 19.1. The molecule has 8 rings (SSSR count). The van der Waals surface area contributed by atoms with Crippen LogP contribution >= 0.6 is 0 Å². The molecule has 0 aliphatic carbocycles.